The number of esters is 1. The summed E-state index contributed by atoms with van der Waals surface area (Å²) < 4.78 is 5.00. The van der Waals surface area contributed by atoms with Crippen molar-refractivity contribution in [1.82, 2.24) is 5.32 Å². The smallest absolute Gasteiger partial charge is 0.338 e. The molecule has 0 saturated heterocycles. The maximum absolute atomic E-state index is 11.7. The third kappa shape index (κ3) is 4.44. The molecule has 0 radical (unpaired) electrons. The first-order valence-electron chi connectivity index (χ1n) is 7.57. The van der Waals surface area contributed by atoms with Gasteiger partial charge >= 0.3 is 5.97 Å². The molecule has 0 atom stereocenters. The van der Waals surface area contributed by atoms with Gasteiger partial charge in [-0.05, 0) is 56.4 Å². The van der Waals surface area contributed by atoms with Crippen LogP contribution < -0.4 is 11.1 Å². The number of rotatable bonds is 5. The molecule has 116 valence electrons. The lowest BCUT2D eigenvalue weighted by Crippen LogP contribution is -2.34. The summed E-state index contributed by atoms with van der Waals surface area (Å²) in [6.07, 6.45) is 3.48. The number of aliphatic hydroxyl groups excluding tert-OH is 1. The monoisotopic (exact) mass is 292 g/mol. The summed E-state index contributed by atoms with van der Waals surface area (Å²) in [5.74, 6) is -0.320. The van der Waals surface area contributed by atoms with E-state index in [1.165, 1.54) is 0 Å². The normalized spacial score (nSPS) is 22.0. The van der Waals surface area contributed by atoms with Crippen LogP contribution in [0.2, 0.25) is 0 Å². The topological polar surface area (TPSA) is 84.6 Å². The van der Waals surface area contributed by atoms with Gasteiger partial charge < -0.3 is 20.9 Å². The molecule has 0 unspecified atom stereocenters. The number of carbonyl (C=O) groups excluding carboxylic acids is 1. The Kier molecular flexibility index (Phi) is 5.59. The minimum absolute atomic E-state index is 0.153. The van der Waals surface area contributed by atoms with E-state index in [1.807, 2.05) is 0 Å². The van der Waals surface area contributed by atoms with Crippen LogP contribution in [0.25, 0.3) is 0 Å². The van der Waals surface area contributed by atoms with Crippen molar-refractivity contribution in [3.05, 3.63) is 29.3 Å². The van der Waals surface area contributed by atoms with Crippen LogP contribution >= 0.6 is 0 Å². The number of ether oxygens (including phenoxy) is 1. The minimum atomic E-state index is -0.320. The molecule has 4 N–H and O–H groups in total. The number of nitrogens with two attached hydrogens (primary N) is 1. The quantitative estimate of drug-likeness (QED) is 0.569. The summed E-state index contributed by atoms with van der Waals surface area (Å²) in [5, 5.41) is 13.0. The van der Waals surface area contributed by atoms with Crippen molar-refractivity contribution >= 4 is 11.7 Å². The summed E-state index contributed by atoms with van der Waals surface area (Å²) in [7, 11) is 0. The standard InChI is InChI=1S/C16H24N2O3/c1-2-21-16(20)11-3-8-15(17)12(9-11)10-18-13-4-6-14(19)7-5-13/h3,8-9,13-14,18-19H,2,4-7,10,17H2,1H3/t13-,14-. The molecule has 0 bridgehead atoms. The van der Waals surface area contributed by atoms with Crippen molar-refractivity contribution in [3.8, 4) is 0 Å². The molecule has 0 aliphatic heterocycles. The van der Waals surface area contributed by atoms with Gasteiger partial charge in [-0.2, -0.15) is 0 Å². The molecule has 0 amide bonds. The first-order valence-corrected chi connectivity index (χ1v) is 7.57. The SMILES string of the molecule is CCOC(=O)c1ccc(N)c(CN[C@H]2CC[C@H](O)CC2)c1. The van der Waals surface area contributed by atoms with E-state index in [0.29, 0.717) is 30.4 Å². The van der Waals surface area contributed by atoms with Crippen molar-refractivity contribution < 1.29 is 14.6 Å². The van der Waals surface area contributed by atoms with E-state index in [1.54, 1.807) is 25.1 Å². The number of aliphatic hydroxyl groups is 1. The van der Waals surface area contributed by atoms with E-state index in [0.717, 1.165) is 31.2 Å². The van der Waals surface area contributed by atoms with Gasteiger partial charge in [0.1, 0.15) is 0 Å². The van der Waals surface area contributed by atoms with Crippen LogP contribution in [0.1, 0.15) is 48.5 Å². The molecule has 0 heterocycles. The number of nitrogen functional groups attached to an aromatic ring is 1. The van der Waals surface area contributed by atoms with E-state index >= 15 is 0 Å². The Morgan fingerprint density at radius 3 is 2.76 bits per heavy atom. The molecule has 1 fully saturated rings. The summed E-state index contributed by atoms with van der Waals surface area (Å²) in [6.45, 7) is 2.77. The summed E-state index contributed by atoms with van der Waals surface area (Å²) in [5.41, 5.74) is 8.08. The van der Waals surface area contributed by atoms with Crippen molar-refractivity contribution in [1.29, 1.82) is 0 Å². The highest BCUT2D eigenvalue weighted by molar-refractivity contribution is 5.90. The predicted octanol–water partition coefficient (Wildman–Crippen LogP) is 1.84. The molecule has 0 aromatic heterocycles. The first kappa shape index (κ1) is 15.8. The number of carbonyl (C=O) groups is 1. The van der Waals surface area contributed by atoms with Gasteiger partial charge in [-0.1, -0.05) is 0 Å². The van der Waals surface area contributed by atoms with Gasteiger partial charge in [-0.15, -0.1) is 0 Å². The van der Waals surface area contributed by atoms with E-state index in [9.17, 15) is 9.90 Å². The number of nitrogens with one attached hydrogen (secondary N) is 1. The van der Waals surface area contributed by atoms with Gasteiger partial charge in [0.15, 0.2) is 0 Å². The molecule has 1 aromatic rings. The summed E-state index contributed by atoms with van der Waals surface area (Å²) >= 11 is 0. The molecular formula is C16H24N2O3. The molecule has 0 spiro atoms. The number of hydrogen-bond donors (Lipinski definition) is 3. The van der Waals surface area contributed by atoms with Crippen LogP contribution in [-0.4, -0.2) is 29.8 Å². The molecule has 1 aliphatic rings. The van der Waals surface area contributed by atoms with Gasteiger partial charge in [-0.25, -0.2) is 4.79 Å². The molecule has 1 aliphatic carbocycles. The maximum atomic E-state index is 11.7. The summed E-state index contributed by atoms with van der Waals surface area (Å²) in [4.78, 5) is 11.7. The fraction of sp³-hybridized carbons (Fsp3) is 0.562. The molecule has 1 saturated carbocycles. The molecule has 5 heteroatoms. The lowest BCUT2D eigenvalue weighted by molar-refractivity contribution is 0.0526. The Morgan fingerprint density at radius 1 is 1.38 bits per heavy atom. The van der Waals surface area contributed by atoms with Crippen LogP contribution in [0.3, 0.4) is 0 Å². The second-order valence-corrected chi connectivity index (χ2v) is 5.52. The van der Waals surface area contributed by atoms with Crippen molar-refractivity contribution in [3.63, 3.8) is 0 Å². The zero-order chi connectivity index (χ0) is 15.2. The third-order valence-electron chi connectivity index (χ3n) is 3.93. The summed E-state index contributed by atoms with van der Waals surface area (Å²) in [6, 6.07) is 5.62. The van der Waals surface area contributed by atoms with E-state index in [-0.39, 0.29) is 12.1 Å². The largest absolute Gasteiger partial charge is 0.462 e. The highest BCUT2D eigenvalue weighted by Gasteiger charge is 2.19. The van der Waals surface area contributed by atoms with Crippen LogP contribution in [0.15, 0.2) is 18.2 Å². The van der Waals surface area contributed by atoms with Crippen LogP contribution in [0, 0.1) is 0 Å². The maximum Gasteiger partial charge on any atom is 0.338 e. The fourth-order valence-electron chi connectivity index (χ4n) is 2.63. The van der Waals surface area contributed by atoms with E-state index < -0.39 is 0 Å². The third-order valence-corrected chi connectivity index (χ3v) is 3.93. The lowest BCUT2D eigenvalue weighted by Gasteiger charge is -2.26. The number of anilines is 1. The highest BCUT2D eigenvalue weighted by atomic mass is 16.5. The van der Waals surface area contributed by atoms with Crippen LogP contribution in [-0.2, 0) is 11.3 Å². The Labute approximate surface area is 125 Å². The van der Waals surface area contributed by atoms with Crippen LogP contribution in [0.4, 0.5) is 5.69 Å². The van der Waals surface area contributed by atoms with Gasteiger partial charge in [0.2, 0.25) is 0 Å². The Morgan fingerprint density at radius 2 is 2.10 bits per heavy atom. The van der Waals surface area contributed by atoms with E-state index in [4.69, 9.17) is 10.5 Å². The van der Waals surface area contributed by atoms with Gasteiger partial charge in [0.25, 0.3) is 0 Å². The highest BCUT2D eigenvalue weighted by Crippen LogP contribution is 2.20. The fourth-order valence-corrected chi connectivity index (χ4v) is 2.63. The number of benzene rings is 1. The Balaban J connectivity index is 1.95. The van der Waals surface area contributed by atoms with Crippen molar-refractivity contribution in [2.45, 2.75) is 51.3 Å². The Hall–Kier alpha value is -1.59. The average molecular weight is 292 g/mol. The molecule has 1 aromatic carbocycles. The van der Waals surface area contributed by atoms with Crippen molar-refractivity contribution in [2.24, 2.45) is 0 Å². The van der Waals surface area contributed by atoms with E-state index in [2.05, 4.69) is 5.32 Å². The minimum Gasteiger partial charge on any atom is -0.462 e. The second kappa shape index (κ2) is 7.43. The molecule has 21 heavy (non-hydrogen) atoms. The second-order valence-electron chi connectivity index (χ2n) is 5.52. The molecule has 2 rings (SSSR count). The Bertz CT molecular complexity index is 482. The average Bonchev–Trinajstić information content (AvgIpc) is 2.48. The van der Waals surface area contributed by atoms with Crippen molar-refractivity contribution in [2.75, 3.05) is 12.3 Å². The molecule has 5 nitrogen and oxygen atoms in total. The van der Waals surface area contributed by atoms with Gasteiger partial charge in [-0.3, -0.25) is 0 Å². The number of hydrogen-bond acceptors (Lipinski definition) is 5. The zero-order valence-electron chi connectivity index (χ0n) is 12.5. The predicted molar refractivity (Wildman–Crippen MR) is 81.9 cm³/mol. The molecular weight excluding hydrogens is 268 g/mol. The van der Waals surface area contributed by atoms with Crippen LogP contribution in [0.5, 0.6) is 0 Å². The van der Waals surface area contributed by atoms with Gasteiger partial charge in [0, 0.05) is 18.3 Å². The zero-order valence-corrected chi connectivity index (χ0v) is 12.5. The van der Waals surface area contributed by atoms with Gasteiger partial charge in [0.05, 0.1) is 18.3 Å². The first-order chi connectivity index (χ1) is 10.1. The lowest BCUT2D eigenvalue weighted by atomic mass is 9.93.